The van der Waals surface area contributed by atoms with Gasteiger partial charge in [-0.3, -0.25) is 0 Å². The van der Waals surface area contributed by atoms with Gasteiger partial charge in [-0.1, -0.05) is 18.2 Å². The third-order valence-electron chi connectivity index (χ3n) is 4.20. The van der Waals surface area contributed by atoms with Gasteiger partial charge in [0.25, 0.3) is 0 Å². The second-order valence-corrected chi connectivity index (χ2v) is 5.44. The molecule has 0 saturated carbocycles. The second-order valence-electron chi connectivity index (χ2n) is 5.44. The Morgan fingerprint density at radius 2 is 1.17 bits per heavy atom. The van der Waals surface area contributed by atoms with Crippen LogP contribution >= 0.6 is 0 Å². The van der Waals surface area contributed by atoms with E-state index in [2.05, 4.69) is 41.0 Å². The summed E-state index contributed by atoms with van der Waals surface area (Å²) in [6, 6.07) is 22.7. The summed E-state index contributed by atoms with van der Waals surface area (Å²) in [5.74, 6) is 1.70. The smallest absolute Gasteiger partial charge is 0.120 e. The Hall–Kier alpha value is -2.94. The molecule has 0 spiro atoms. The fourth-order valence-electron chi connectivity index (χ4n) is 3.09. The highest BCUT2D eigenvalue weighted by Gasteiger charge is 2.13. The fraction of sp³-hybridized carbons (Fsp3) is 0.100. The van der Waals surface area contributed by atoms with Crippen molar-refractivity contribution >= 4 is 21.8 Å². The van der Waals surface area contributed by atoms with Crippen molar-refractivity contribution in [3.05, 3.63) is 66.7 Å². The van der Waals surface area contributed by atoms with E-state index in [9.17, 15) is 0 Å². The lowest BCUT2D eigenvalue weighted by Crippen LogP contribution is -1.94. The molecule has 0 amide bonds. The largest absolute Gasteiger partial charge is 0.497 e. The van der Waals surface area contributed by atoms with Gasteiger partial charge < -0.3 is 14.0 Å². The number of hydrogen-bond acceptors (Lipinski definition) is 2. The number of hydrogen-bond donors (Lipinski definition) is 0. The molecule has 1 aromatic heterocycles. The Labute approximate surface area is 134 Å². The number of aromatic nitrogens is 1. The number of rotatable bonds is 3. The van der Waals surface area contributed by atoms with Gasteiger partial charge in [0.05, 0.1) is 25.3 Å². The predicted octanol–water partition coefficient (Wildman–Crippen LogP) is 4.80. The molecule has 1 heterocycles. The summed E-state index contributed by atoms with van der Waals surface area (Å²) in [5.41, 5.74) is 3.37. The molecule has 4 aromatic rings. The molecule has 23 heavy (non-hydrogen) atoms. The van der Waals surface area contributed by atoms with Crippen LogP contribution in [0.15, 0.2) is 66.7 Å². The Bertz CT molecular complexity index is 926. The van der Waals surface area contributed by atoms with Crippen molar-refractivity contribution in [3.8, 4) is 17.2 Å². The van der Waals surface area contributed by atoms with Gasteiger partial charge in [0.2, 0.25) is 0 Å². The summed E-state index contributed by atoms with van der Waals surface area (Å²) >= 11 is 0. The maximum atomic E-state index is 5.42. The third-order valence-corrected chi connectivity index (χ3v) is 4.20. The standard InChI is InChI=1S/C20H17NO2/c1-22-15-8-10-17-18-11-9-16(23-2)13-20(18)21(19(17)12-15)14-6-4-3-5-7-14/h3-13H,1-2H3. The molecule has 3 heteroatoms. The van der Waals surface area contributed by atoms with Crippen LogP contribution in [0.4, 0.5) is 0 Å². The molecule has 0 radical (unpaired) electrons. The van der Waals surface area contributed by atoms with Gasteiger partial charge in [0, 0.05) is 28.6 Å². The van der Waals surface area contributed by atoms with Crippen LogP contribution in [0.25, 0.3) is 27.5 Å². The van der Waals surface area contributed by atoms with Crippen molar-refractivity contribution in [2.24, 2.45) is 0 Å². The van der Waals surface area contributed by atoms with Crippen LogP contribution in [0.1, 0.15) is 0 Å². The molecule has 0 unspecified atom stereocenters. The topological polar surface area (TPSA) is 23.4 Å². The minimum atomic E-state index is 0.851. The Kier molecular flexibility index (Phi) is 3.19. The van der Waals surface area contributed by atoms with Gasteiger partial charge >= 0.3 is 0 Å². The minimum Gasteiger partial charge on any atom is -0.497 e. The number of methoxy groups -OCH3 is 2. The molecule has 0 fully saturated rings. The average molecular weight is 303 g/mol. The van der Waals surface area contributed by atoms with E-state index in [0.717, 1.165) is 28.2 Å². The molecule has 0 atom stereocenters. The lowest BCUT2D eigenvalue weighted by atomic mass is 10.1. The zero-order chi connectivity index (χ0) is 15.8. The van der Waals surface area contributed by atoms with Crippen LogP contribution in [0.2, 0.25) is 0 Å². The van der Waals surface area contributed by atoms with E-state index in [1.807, 2.05) is 30.3 Å². The Morgan fingerprint density at radius 3 is 1.65 bits per heavy atom. The summed E-state index contributed by atoms with van der Waals surface area (Å²) in [7, 11) is 3.39. The monoisotopic (exact) mass is 303 g/mol. The maximum absolute atomic E-state index is 5.42. The molecule has 0 bridgehead atoms. The van der Waals surface area contributed by atoms with E-state index in [-0.39, 0.29) is 0 Å². The lowest BCUT2D eigenvalue weighted by Gasteiger charge is -2.09. The lowest BCUT2D eigenvalue weighted by molar-refractivity contribution is 0.415. The maximum Gasteiger partial charge on any atom is 0.120 e. The fourth-order valence-corrected chi connectivity index (χ4v) is 3.09. The van der Waals surface area contributed by atoms with Crippen LogP contribution < -0.4 is 9.47 Å². The molecular weight excluding hydrogens is 286 g/mol. The first-order valence-electron chi connectivity index (χ1n) is 7.53. The first-order chi connectivity index (χ1) is 11.3. The first kappa shape index (κ1) is 13.7. The SMILES string of the molecule is COc1ccc2c3ccc(OC)cc3n(-c3ccccc3)c2c1. The van der Waals surface area contributed by atoms with E-state index >= 15 is 0 Å². The number of ether oxygens (including phenoxy) is 2. The highest BCUT2D eigenvalue weighted by atomic mass is 16.5. The second kappa shape index (κ2) is 5.36. The van der Waals surface area contributed by atoms with Gasteiger partial charge in [-0.25, -0.2) is 0 Å². The van der Waals surface area contributed by atoms with Crippen molar-refractivity contribution < 1.29 is 9.47 Å². The number of fused-ring (bicyclic) bond motifs is 3. The molecule has 4 rings (SSSR count). The summed E-state index contributed by atoms with van der Waals surface area (Å²) in [6.07, 6.45) is 0. The van der Waals surface area contributed by atoms with Crippen LogP contribution in [-0.4, -0.2) is 18.8 Å². The number of benzene rings is 3. The van der Waals surface area contributed by atoms with Crippen molar-refractivity contribution in [3.63, 3.8) is 0 Å². The van der Waals surface area contributed by atoms with Crippen molar-refractivity contribution in [2.45, 2.75) is 0 Å². The highest BCUT2D eigenvalue weighted by molar-refractivity contribution is 6.10. The molecule has 0 saturated heterocycles. The molecule has 0 N–H and O–H groups in total. The van der Waals surface area contributed by atoms with E-state index in [0.29, 0.717) is 0 Å². The van der Waals surface area contributed by atoms with Crippen molar-refractivity contribution in [2.75, 3.05) is 14.2 Å². The van der Waals surface area contributed by atoms with Gasteiger partial charge in [-0.2, -0.15) is 0 Å². The van der Waals surface area contributed by atoms with Crippen molar-refractivity contribution in [1.82, 2.24) is 4.57 Å². The minimum absolute atomic E-state index is 0.851. The van der Waals surface area contributed by atoms with Crippen LogP contribution in [-0.2, 0) is 0 Å². The Balaban J connectivity index is 2.16. The zero-order valence-electron chi connectivity index (χ0n) is 13.1. The molecule has 0 aliphatic carbocycles. The summed E-state index contributed by atoms with van der Waals surface area (Å²) in [4.78, 5) is 0. The molecular formula is C20H17NO2. The quantitative estimate of drug-likeness (QED) is 0.542. The zero-order valence-corrected chi connectivity index (χ0v) is 13.1. The number of nitrogens with zero attached hydrogens (tertiary/aromatic N) is 1. The van der Waals surface area contributed by atoms with E-state index in [1.165, 1.54) is 10.8 Å². The summed E-state index contributed by atoms with van der Waals surface area (Å²) in [5, 5.41) is 2.40. The molecule has 114 valence electrons. The summed E-state index contributed by atoms with van der Waals surface area (Å²) in [6.45, 7) is 0. The van der Waals surface area contributed by atoms with Gasteiger partial charge in [-0.15, -0.1) is 0 Å². The van der Waals surface area contributed by atoms with E-state index in [4.69, 9.17) is 9.47 Å². The normalized spacial score (nSPS) is 11.0. The highest BCUT2D eigenvalue weighted by Crippen LogP contribution is 2.35. The molecule has 3 aromatic carbocycles. The summed E-state index contributed by atoms with van der Waals surface area (Å²) < 4.78 is 13.1. The molecule has 0 aliphatic heterocycles. The predicted molar refractivity (Wildman–Crippen MR) is 93.9 cm³/mol. The Morgan fingerprint density at radius 1 is 0.652 bits per heavy atom. The molecule has 0 aliphatic rings. The third kappa shape index (κ3) is 2.13. The average Bonchev–Trinajstić information content (AvgIpc) is 2.94. The van der Waals surface area contributed by atoms with Crippen LogP contribution in [0.3, 0.4) is 0 Å². The van der Waals surface area contributed by atoms with Gasteiger partial charge in [-0.05, 0) is 36.4 Å². The van der Waals surface area contributed by atoms with Crippen molar-refractivity contribution in [1.29, 1.82) is 0 Å². The first-order valence-corrected chi connectivity index (χ1v) is 7.53. The van der Waals surface area contributed by atoms with Gasteiger partial charge in [0.15, 0.2) is 0 Å². The molecule has 3 nitrogen and oxygen atoms in total. The van der Waals surface area contributed by atoms with E-state index < -0.39 is 0 Å². The van der Waals surface area contributed by atoms with E-state index in [1.54, 1.807) is 14.2 Å². The van der Waals surface area contributed by atoms with Gasteiger partial charge in [0.1, 0.15) is 11.5 Å². The van der Waals surface area contributed by atoms with Crippen LogP contribution in [0, 0.1) is 0 Å². The van der Waals surface area contributed by atoms with Crippen LogP contribution in [0.5, 0.6) is 11.5 Å². The number of para-hydroxylation sites is 1.